The maximum atomic E-state index is 12.2. The summed E-state index contributed by atoms with van der Waals surface area (Å²) in [5, 5.41) is 12.2. The van der Waals surface area contributed by atoms with Gasteiger partial charge in [0.25, 0.3) is 0 Å². The van der Waals surface area contributed by atoms with Crippen molar-refractivity contribution >= 4 is 11.9 Å². The van der Waals surface area contributed by atoms with E-state index in [-0.39, 0.29) is 18.9 Å². The van der Waals surface area contributed by atoms with Crippen LogP contribution in [0.1, 0.15) is 24.8 Å². The highest BCUT2D eigenvalue weighted by atomic mass is 16.5. The fourth-order valence-electron chi connectivity index (χ4n) is 2.71. The Morgan fingerprint density at radius 3 is 2.52 bits per heavy atom. The van der Waals surface area contributed by atoms with Crippen LogP contribution in [0.3, 0.4) is 0 Å². The highest BCUT2D eigenvalue weighted by molar-refractivity contribution is 5.79. The molecule has 0 aromatic heterocycles. The molecule has 1 aliphatic heterocycles. The van der Waals surface area contributed by atoms with Crippen molar-refractivity contribution < 1.29 is 19.4 Å². The lowest BCUT2D eigenvalue weighted by molar-refractivity contribution is -0.156. The number of carbonyl (C=O) groups is 2. The van der Waals surface area contributed by atoms with Crippen molar-refractivity contribution in [1.29, 1.82) is 0 Å². The van der Waals surface area contributed by atoms with Gasteiger partial charge in [-0.15, -0.1) is 0 Å². The highest BCUT2D eigenvalue weighted by Crippen LogP contribution is 2.26. The van der Waals surface area contributed by atoms with Gasteiger partial charge in [0, 0.05) is 0 Å². The highest BCUT2D eigenvalue weighted by Gasteiger charge is 2.32. The third-order valence-corrected chi connectivity index (χ3v) is 3.87. The molecule has 1 aromatic carbocycles. The number of carboxylic acid groups (broad SMARTS) is 1. The van der Waals surface area contributed by atoms with E-state index in [0.29, 0.717) is 0 Å². The van der Waals surface area contributed by atoms with Gasteiger partial charge < -0.3 is 15.2 Å². The molecule has 21 heavy (non-hydrogen) atoms. The van der Waals surface area contributed by atoms with Crippen molar-refractivity contribution in [3.8, 4) is 0 Å². The zero-order chi connectivity index (χ0) is 15.1. The molecule has 0 radical (unpaired) electrons. The largest absolute Gasteiger partial charge is 0.481 e. The van der Waals surface area contributed by atoms with E-state index < -0.39 is 17.9 Å². The van der Waals surface area contributed by atoms with E-state index in [4.69, 9.17) is 9.84 Å². The van der Waals surface area contributed by atoms with Gasteiger partial charge in [0.1, 0.15) is 6.61 Å². The lowest BCUT2D eigenvalue weighted by Gasteiger charge is -2.28. The van der Waals surface area contributed by atoms with Crippen LogP contribution in [0.4, 0.5) is 0 Å². The Kier molecular flexibility index (Phi) is 5.75. The van der Waals surface area contributed by atoms with Crippen LogP contribution in [0, 0.1) is 11.8 Å². The summed E-state index contributed by atoms with van der Waals surface area (Å²) < 4.78 is 5.32. The van der Waals surface area contributed by atoms with E-state index in [0.717, 1.165) is 31.5 Å². The molecule has 1 fully saturated rings. The normalized spacial score (nSPS) is 17.1. The molecule has 0 amide bonds. The molecule has 1 saturated heterocycles. The van der Waals surface area contributed by atoms with Crippen LogP contribution in [0.15, 0.2) is 30.3 Å². The summed E-state index contributed by atoms with van der Waals surface area (Å²) in [5.41, 5.74) is 0.908. The molecule has 1 unspecified atom stereocenters. The van der Waals surface area contributed by atoms with Crippen LogP contribution in [-0.2, 0) is 20.9 Å². The van der Waals surface area contributed by atoms with Gasteiger partial charge in [-0.25, -0.2) is 0 Å². The smallest absolute Gasteiger partial charge is 0.310 e. The number of hydrogen-bond donors (Lipinski definition) is 2. The summed E-state index contributed by atoms with van der Waals surface area (Å²) in [5.74, 6) is -1.80. The van der Waals surface area contributed by atoms with Crippen LogP contribution < -0.4 is 5.32 Å². The predicted octanol–water partition coefficient (Wildman–Crippen LogP) is 1.82. The van der Waals surface area contributed by atoms with E-state index >= 15 is 0 Å². The predicted molar refractivity (Wildman–Crippen MR) is 77.6 cm³/mol. The number of carboxylic acids is 1. The van der Waals surface area contributed by atoms with Gasteiger partial charge in [-0.05, 0) is 37.4 Å². The van der Waals surface area contributed by atoms with Crippen molar-refractivity contribution in [3.63, 3.8) is 0 Å². The summed E-state index contributed by atoms with van der Waals surface area (Å²) in [6.07, 6.45) is 1.48. The van der Waals surface area contributed by atoms with E-state index in [1.807, 2.05) is 30.3 Å². The monoisotopic (exact) mass is 291 g/mol. The second-order valence-electron chi connectivity index (χ2n) is 5.39. The van der Waals surface area contributed by atoms with Crippen LogP contribution >= 0.6 is 0 Å². The third kappa shape index (κ3) is 4.86. The summed E-state index contributed by atoms with van der Waals surface area (Å²) in [7, 11) is 0. The number of carbonyl (C=O) groups excluding carboxylic acids is 1. The van der Waals surface area contributed by atoms with E-state index in [9.17, 15) is 9.59 Å². The zero-order valence-corrected chi connectivity index (χ0v) is 12.0. The number of rotatable bonds is 6. The van der Waals surface area contributed by atoms with E-state index in [1.165, 1.54) is 0 Å². The Morgan fingerprint density at radius 2 is 1.90 bits per heavy atom. The van der Waals surface area contributed by atoms with Crippen molar-refractivity contribution in [2.75, 3.05) is 13.1 Å². The molecule has 5 heteroatoms. The number of piperidine rings is 1. The number of ether oxygens (including phenoxy) is 1. The molecule has 5 nitrogen and oxygen atoms in total. The molecule has 0 spiro atoms. The molecule has 0 bridgehead atoms. The molecule has 1 aliphatic rings. The molecule has 0 aliphatic carbocycles. The van der Waals surface area contributed by atoms with Crippen LogP contribution in [-0.4, -0.2) is 30.1 Å². The Bertz CT molecular complexity index is 468. The Balaban J connectivity index is 1.94. The average Bonchev–Trinajstić information content (AvgIpc) is 2.52. The first kappa shape index (κ1) is 15.5. The van der Waals surface area contributed by atoms with Crippen molar-refractivity contribution in [2.24, 2.45) is 11.8 Å². The number of hydrogen-bond acceptors (Lipinski definition) is 4. The third-order valence-electron chi connectivity index (χ3n) is 3.87. The first-order valence-electron chi connectivity index (χ1n) is 7.30. The molecular formula is C16H21NO4. The van der Waals surface area contributed by atoms with Gasteiger partial charge in [0.05, 0.1) is 12.3 Å². The van der Waals surface area contributed by atoms with Gasteiger partial charge in [-0.1, -0.05) is 30.3 Å². The number of esters is 1. The van der Waals surface area contributed by atoms with Crippen molar-refractivity contribution in [1.82, 2.24) is 5.32 Å². The van der Waals surface area contributed by atoms with Crippen molar-refractivity contribution in [2.45, 2.75) is 25.9 Å². The van der Waals surface area contributed by atoms with E-state index in [2.05, 4.69) is 5.32 Å². The average molecular weight is 291 g/mol. The van der Waals surface area contributed by atoms with Gasteiger partial charge in [-0.2, -0.15) is 0 Å². The topological polar surface area (TPSA) is 75.6 Å². The minimum atomic E-state index is -0.949. The van der Waals surface area contributed by atoms with E-state index in [1.54, 1.807) is 0 Å². The first-order valence-corrected chi connectivity index (χ1v) is 7.30. The first-order chi connectivity index (χ1) is 10.2. The van der Waals surface area contributed by atoms with Gasteiger partial charge in [0.2, 0.25) is 0 Å². The lowest BCUT2D eigenvalue weighted by atomic mass is 9.83. The fourth-order valence-corrected chi connectivity index (χ4v) is 2.71. The lowest BCUT2D eigenvalue weighted by Crippen LogP contribution is -2.36. The Hall–Kier alpha value is -1.88. The second-order valence-corrected chi connectivity index (χ2v) is 5.39. The maximum Gasteiger partial charge on any atom is 0.310 e. The standard InChI is InChI=1S/C16H21NO4/c18-15(19)10-14(13-6-8-17-9-7-13)16(20)21-11-12-4-2-1-3-5-12/h1-5,13-14,17H,6-11H2,(H,18,19). The van der Waals surface area contributed by atoms with Crippen LogP contribution in [0.25, 0.3) is 0 Å². The van der Waals surface area contributed by atoms with Gasteiger partial charge in [-0.3, -0.25) is 9.59 Å². The molecule has 1 aromatic rings. The second kappa shape index (κ2) is 7.78. The fraction of sp³-hybridized carbons (Fsp3) is 0.500. The maximum absolute atomic E-state index is 12.2. The Labute approximate surface area is 124 Å². The molecule has 1 atom stereocenters. The summed E-state index contributed by atoms with van der Waals surface area (Å²) in [6, 6.07) is 9.41. The SMILES string of the molecule is O=C(O)CC(C(=O)OCc1ccccc1)C1CCNCC1. The molecule has 1 heterocycles. The summed E-state index contributed by atoms with van der Waals surface area (Å²) in [6.45, 7) is 1.85. The number of benzene rings is 1. The zero-order valence-electron chi connectivity index (χ0n) is 12.0. The molecule has 2 rings (SSSR count). The Morgan fingerprint density at radius 1 is 1.24 bits per heavy atom. The molecular weight excluding hydrogens is 270 g/mol. The molecule has 0 saturated carbocycles. The summed E-state index contributed by atoms with van der Waals surface area (Å²) in [4.78, 5) is 23.3. The van der Waals surface area contributed by atoms with Crippen LogP contribution in [0.5, 0.6) is 0 Å². The minimum Gasteiger partial charge on any atom is -0.481 e. The van der Waals surface area contributed by atoms with Crippen molar-refractivity contribution in [3.05, 3.63) is 35.9 Å². The number of nitrogens with one attached hydrogen (secondary N) is 1. The van der Waals surface area contributed by atoms with Crippen LogP contribution in [0.2, 0.25) is 0 Å². The number of aliphatic carboxylic acids is 1. The minimum absolute atomic E-state index is 0.0885. The van der Waals surface area contributed by atoms with Gasteiger partial charge >= 0.3 is 11.9 Å². The molecule has 2 N–H and O–H groups in total. The quantitative estimate of drug-likeness (QED) is 0.782. The summed E-state index contributed by atoms with van der Waals surface area (Å²) >= 11 is 0. The molecule has 114 valence electrons. The van der Waals surface area contributed by atoms with Gasteiger partial charge in [0.15, 0.2) is 0 Å².